The van der Waals surface area contributed by atoms with Crippen LogP contribution < -0.4 is 0 Å². The van der Waals surface area contributed by atoms with E-state index in [-0.39, 0.29) is 11.5 Å². The second kappa shape index (κ2) is 3.10. The monoisotopic (exact) mass is 162 g/mol. The Kier molecular flexibility index (Phi) is 2.59. The molecule has 4 atom stereocenters. The van der Waals surface area contributed by atoms with Crippen molar-refractivity contribution in [3.8, 4) is 0 Å². The molecular formula is C8H15ClO. The second-order valence-electron chi connectivity index (χ2n) is 3.51. The van der Waals surface area contributed by atoms with E-state index in [2.05, 4.69) is 13.8 Å². The van der Waals surface area contributed by atoms with Crippen LogP contribution in [-0.2, 0) is 0 Å². The van der Waals surface area contributed by atoms with Crippen LogP contribution in [0.15, 0.2) is 0 Å². The molecule has 10 heavy (non-hydrogen) atoms. The van der Waals surface area contributed by atoms with E-state index >= 15 is 0 Å². The van der Waals surface area contributed by atoms with Crippen LogP contribution in [0, 0.1) is 11.8 Å². The third kappa shape index (κ3) is 1.64. The van der Waals surface area contributed by atoms with Crippen LogP contribution in [0.5, 0.6) is 0 Å². The topological polar surface area (TPSA) is 20.2 Å². The molecule has 0 saturated heterocycles. The Hall–Kier alpha value is 0.250. The van der Waals surface area contributed by atoms with Gasteiger partial charge in [0.2, 0.25) is 0 Å². The van der Waals surface area contributed by atoms with Crippen LogP contribution in [0.25, 0.3) is 0 Å². The molecule has 0 heterocycles. The molecule has 0 aromatic heterocycles. The summed E-state index contributed by atoms with van der Waals surface area (Å²) in [5, 5.41) is 9.33. The van der Waals surface area contributed by atoms with Gasteiger partial charge in [-0.05, 0) is 24.7 Å². The minimum atomic E-state index is -0.270. The van der Waals surface area contributed by atoms with E-state index in [1.165, 1.54) is 0 Å². The van der Waals surface area contributed by atoms with E-state index in [1.54, 1.807) is 0 Å². The molecule has 1 N–H and O–H groups in total. The summed E-state index contributed by atoms with van der Waals surface area (Å²) >= 11 is 5.88. The van der Waals surface area contributed by atoms with E-state index in [9.17, 15) is 5.11 Å². The number of hydrogen-bond acceptors (Lipinski definition) is 1. The summed E-state index contributed by atoms with van der Waals surface area (Å²) in [6, 6.07) is 0. The summed E-state index contributed by atoms with van der Waals surface area (Å²) in [7, 11) is 0. The van der Waals surface area contributed by atoms with Crippen molar-refractivity contribution in [2.24, 2.45) is 11.8 Å². The molecule has 0 aromatic rings. The van der Waals surface area contributed by atoms with Crippen molar-refractivity contribution in [1.29, 1.82) is 0 Å². The first kappa shape index (κ1) is 8.35. The maximum Gasteiger partial charge on any atom is 0.0706 e. The summed E-state index contributed by atoms with van der Waals surface area (Å²) in [6.45, 7) is 4.38. The van der Waals surface area contributed by atoms with Crippen molar-refractivity contribution in [2.75, 3.05) is 0 Å². The van der Waals surface area contributed by atoms with Crippen LogP contribution in [0.4, 0.5) is 0 Å². The summed E-state index contributed by atoms with van der Waals surface area (Å²) in [4.78, 5) is 0. The molecule has 60 valence electrons. The average Bonchev–Trinajstić information content (AvgIpc) is 1.84. The van der Waals surface area contributed by atoms with E-state index in [1.807, 2.05) is 0 Å². The highest BCUT2D eigenvalue weighted by Gasteiger charge is 2.29. The molecule has 4 unspecified atom stereocenters. The molecule has 0 aliphatic heterocycles. The second-order valence-corrected chi connectivity index (χ2v) is 4.07. The molecule has 0 bridgehead atoms. The lowest BCUT2D eigenvalue weighted by Crippen LogP contribution is -2.33. The lowest BCUT2D eigenvalue weighted by atomic mass is 9.80. The minimum absolute atomic E-state index is 0.00815. The third-order valence-electron chi connectivity index (χ3n) is 2.60. The first-order valence-corrected chi connectivity index (χ1v) is 4.37. The normalized spacial score (nSPS) is 49.2. The van der Waals surface area contributed by atoms with Crippen LogP contribution in [0.2, 0.25) is 0 Å². The van der Waals surface area contributed by atoms with Crippen molar-refractivity contribution in [3.05, 3.63) is 0 Å². The molecule has 1 saturated carbocycles. The number of halogens is 1. The largest absolute Gasteiger partial charge is 0.392 e. The van der Waals surface area contributed by atoms with Gasteiger partial charge in [-0.1, -0.05) is 13.8 Å². The Morgan fingerprint density at radius 1 is 1.20 bits per heavy atom. The first-order chi connectivity index (χ1) is 4.61. The fourth-order valence-electron chi connectivity index (χ4n) is 1.51. The predicted octanol–water partition coefficient (Wildman–Crippen LogP) is 2.02. The van der Waals surface area contributed by atoms with Gasteiger partial charge in [0.05, 0.1) is 11.5 Å². The molecule has 1 aliphatic carbocycles. The fourth-order valence-corrected chi connectivity index (χ4v) is 1.89. The molecule has 0 amide bonds. The third-order valence-corrected chi connectivity index (χ3v) is 3.07. The Labute approximate surface area is 67.4 Å². The van der Waals surface area contributed by atoms with Gasteiger partial charge in [-0.15, -0.1) is 11.6 Å². The van der Waals surface area contributed by atoms with E-state index in [4.69, 9.17) is 11.6 Å². The minimum Gasteiger partial charge on any atom is -0.392 e. The molecule has 1 nitrogen and oxygen atoms in total. The van der Waals surface area contributed by atoms with Crippen molar-refractivity contribution < 1.29 is 5.11 Å². The smallest absolute Gasteiger partial charge is 0.0706 e. The average molecular weight is 163 g/mol. The van der Waals surface area contributed by atoms with Gasteiger partial charge in [-0.3, -0.25) is 0 Å². The first-order valence-electron chi connectivity index (χ1n) is 3.93. The van der Waals surface area contributed by atoms with Crippen LogP contribution in [-0.4, -0.2) is 16.6 Å². The van der Waals surface area contributed by atoms with Gasteiger partial charge in [0, 0.05) is 0 Å². The van der Waals surface area contributed by atoms with Gasteiger partial charge in [-0.2, -0.15) is 0 Å². The quantitative estimate of drug-likeness (QED) is 0.541. The van der Waals surface area contributed by atoms with Gasteiger partial charge in [0.1, 0.15) is 0 Å². The van der Waals surface area contributed by atoms with Crippen molar-refractivity contribution >= 4 is 11.6 Å². The molecule has 2 heteroatoms. The fraction of sp³-hybridized carbons (Fsp3) is 1.00. The van der Waals surface area contributed by atoms with Crippen LogP contribution >= 0.6 is 11.6 Å². The highest BCUT2D eigenvalue weighted by atomic mass is 35.5. The maximum atomic E-state index is 9.33. The SMILES string of the molecule is CC1CC(O)C(Cl)CC1C. The van der Waals surface area contributed by atoms with Crippen molar-refractivity contribution in [3.63, 3.8) is 0 Å². The zero-order valence-electron chi connectivity index (χ0n) is 6.55. The van der Waals surface area contributed by atoms with E-state index in [0.29, 0.717) is 11.8 Å². The highest BCUT2D eigenvalue weighted by molar-refractivity contribution is 6.21. The van der Waals surface area contributed by atoms with Crippen LogP contribution in [0.3, 0.4) is 0 Å². The number of aliphatic hydroxyl groups excluding tert-OH is 1. The zero-order valence-corrected chi connectivity index (χ0v) is 7.30. The molecule has 0 aromatic carbocycles. The summed E-state index contributed by atoms with van der Waals surface area (Å²) in [5.74, 6) is 1.30. The summed E-state index contributed by atoms with van der Waals surface area (Å²) < 4.78 is 0. The molecule has 1 rings (SSSR count). The number of hydrogen-bond donors (Lipinski definition) is 1. The number of alkyl halides is 1. The molecule has 1 fully saturated rings. The number of aliphatic hydroxyl groups is 1. The summed E-state index contributed by atoms with van der Waals surface area (Å²) in [5.41, 5.74) is 0. The van der Waals surface area contributed by atoms with E-state index in [0.717, 1.165) is 12.8 Å². The maximum absolute atomic E-state index is 9.33. The molecule has 0 spiro atoms. The van der Waals surface area contributed by atoms with Crippen molar-refractivity contribution in [1.82, 2.24) is 0 Å². The Morgan fingerprint density at radius 3 is 2.20 bits per heavy atom. The molecule has 1 aliphatic rings. The molecular weight excluding hydrogens is 148 g/mol. The highest BCUT2D eigenvalue weighted by Crippen LogP contribution is 2.32. The van der Waals surface area contributed by atoms with Gasteiger partial charge >= 0.3 is 0 Å². The van der Waals surface area contributed by atoms with Gasteiger partial charge in [-0.25, -0.2) is 0 Å². The zero-order chi connectivity index (χ0) is 7.72. The number of rotatable bonds is 0. The lowest BCUT2D eigenvalue weighted by Gasteiger charge is -2.32. The molecule has 0 radical (unpaired) electrons. The predicted molar refractivity (Wildman–Crippen MR) is 43.2 cm³/mol. The van der Waals surface area contributed by atoms with Gasteiger partial charge in [0.15, 0.2) is 0 Å². The van der Waals surface area contributed by atoms with E-state index < -0.39 is 0 Å². The summed E-state index contributed by atoms with van der Waals surface area (Å²) in [6.07, 6.45) is 1.56. The lowest BCUT2D eigenvalue weighted by molar-refractivity contribution is 0.0849. The Morgan fingerprint density at radius 2 is 1.70 bits per heavy atom. The Bertz CT molecular complexity index is 89.8. The van der Waals surface area contributed by atoms with Gasteiger partial charge in [0.25, 0.3) is 0 Å². The van der Waals surface area contributed by atoms with Crippen molar-refractivity contribution in [2.45, 2.75) is 38.2 Å². The van der Waals surface area contributed by atoms with Gasteiger partial charge < -0.3 is 5.11 Å². The Balaban J connectivity index is 2.46. The van der Waals surface area contributed by atoms with Crippen LogP contribution in [0.1, 0.15) is 26.7 Å². The standard InChI is InChI=1S/C8H15ClO/c1-5-3-7(9)8(10)4-6(5)2/h5-8,10H,3-4H2,1-2H3.